The third-order valence-corrected chi connectivity index (χ3v) is 3.81. The number of anilines is 1. The summed E-state index contributed by atoms with van der Waals surface area (Å²) in [5.41, 5.74) is -2.90. The first kappa shape index (κ1) is 20.9. The van der Waals surface area contributed by atoms with Crippen molar-refractivity contribution in [3.63, 3.8) is 0 Å². The van der Waals surface area contributed by atoms with E-state index in [9.17, 15) is 32.9 Å². The minimum absolute atomic E-state index is 0.00646. The summed E-state index contributed by atoms with van der Waals surface area (Å²) in [4.78, 5) is 34.5. The summed E-state index contributed by atoms with van der Waals surface area (Å²) in [6.45, 7) is 0. The van der Waals surface area contributed by atoms with Gasteiger partial charge in [-0.1, -0.05) is 11.6 Å². The summed E-state index contributed by atoms with van der Waals surface area (Å²) >= 11 is 5.69. The molecular formula is C17H9ClF3N3O4. The summed E-state index contributed by atoms with van der Waals surface area (Å²) in [7, 11) is 0. The lowest BCUT2D eigenvalue weighted by atomic mass is 9.98. The summed E-state index contributed by atoms with van der Waals surface area (Å²) in [5, 5.41) is 22.5. The number of nitrogens with zero attached hydrogens (tertiary/aromatic N) is 2. The second kappa shape index (κ2) is 8.06. The molecule has 0 spiro atoms. The van der Waals surface area contributed by atoms with E-state index in [1.807, 2.05) is 5.32 Å². The fourth-order valence-corrected chi connectivity index (χ4v) is 2.31. The van der Waals surface area contributed by atoms with Crippen molar-refractivity contribution in [1.29, 1.82) is 5.26 Å². The quantitative estimate of drug-likeness (QED) is 0.342. The number of nitro groups is 1. The smallest absolute Gasteiger partial charge is 0.319 e. The molecular weight excluding hydrogens is 403 g/mol. The molecule has 0 radical (unpaired) electrons. The largest absolute Gasteiger partial charge is 0.416 e. The van der Waals surface area contributed by atoms with E-state index >= 15 is 0 Å². The maximum atomic E-state index is 12.7. The van der Waals surface area contributed by atoms with E-state index in [0.717, 1.165) is 0 Å². The van der Waals surface area contributed by atoms with Gasteiger partial charge in [-0.05, 0) is 36.4 Å². The Balaban J connectivity index is 2.32. The van der Waals surface area contributed by atoms with Gasteiger partial charge in [0.15, 0.2) is 11.7 Å². The van der Waals surface area contributed by atoms with Crippen molar-refractivity contribution in [1.82, 2.24) is 0 Å². The Kier molecular flexibility index (Phi) is 6.00. The van der Waals surface area contributed by atoms with Crippen molar-refractivity contribution in [3.05, 3.63) is 68.7 Å². The van der Waals surface area contributed by atoms with Crippen molar-refractivity contribution in [2.24, 2.45) is 5.92 Å². The second-order valence-corrected chi connectivity index (χ2v) is 5.85. The standard InChI is InChI=1S/C17H9ClF3N3O4/c18-11-4-1-9(2-5-11)15(25)12(8-22)16(26)23-13-6-3-10(17(19,20)21)7-14(13)24(27)28/h1-7,12H,(H,23,26). The highest BCUT2D eigenvalue weighted by Crippen LogP contribution is 2.35. The lowest BCUT2D eigenvalue weighted by Gasteiger charge is -2.12. The third-order valence-electron chi connectivity index (χ3n) is 3.56. The first-order chi connectivity index (χ1) is 13.0. The zero-order valence-electron chi connectivity index (χ0n) is 13.7. The molecule has 28 heavy (non-hydrogen) atoms. The Morgan fingerprint density at radius 2 is 1.79 bits per heavy atom. The summed E-state index contributed by atoms with van der Waals surface area (Å²) in [6, 6.07) is 8.22. The van der Waals surface area contributed by atoms with Crippen molar-refractivity contribution in [2.45, 2.75) is 6.18 Å². The Bertz CT molecular complexity index is 985. The number of hydrogen-bond donors (Lipinski definition) is 1. The van der Waals surface area contributed by atoms with Gasteiger partial charge >= 0.3 is 6.18 Å². The average Bonchev–Trinajstić information content (AvgIpc) is 2.62. The molecule has 0 saturated heterocycles. The van der Waals surface area contributed by atoms with Gasteiger partial charge in [0.1, 0.15) is 5.69 Å². The Labute approximate surface area is 160 Å². The molecule has 2 rings (SSSR count). The third kappa shape index (κ3) is 4.63. The van der Waals surface area contributed by atoms with E-state index in [2.05, 4.69) is 0 Å². The van der Waals surface area contributed by atoms with E-state index in [1.165, 1.54) is 30.3 Å². The normalized spacial score (nSPS) is 12.0. The Hall–Kier alpha value is -3.45. The van der Waals surface area contributed by atoms with Gasteiger partial charge in [0, 0.05) is 16.7 Å². The highest BCUT2D eigenvalue weighted by Gasteiger charge is 2.34. The van der Waals surface area contributed by atoms with Gasteiger partial charge in [-0.2, -0.15) is 18.4 Å². The fraction of sp³-hybridized carbons (Fsp3) is 0.118. The molecule has 1 atom stereocenters. The number of nitriles is 1. The number of benzene rings is 2. The number of hydrogen-bond acceptors (Lipinski definition) is 5. The molecule has 0 aromatic heterocycles. The molecule has 2 aromatic rings. The molecule has 1 unspecified atom stereocenters. The van der Waals surface area contributed by atoms with Crippen LogP contribution in [0.25, 0.3) is 0 Å². The molecule has 1 N–H and O–H groups in total. The molecule has 2 aromatic carbocycles. The van der Waals surface area contributed by atoms with Gasteiger partial charge in [-0.3, -0.25) is 19.7 Å². The molecule has 0 aliphatic rings. The molecule has 1 amide bonds. The topological polar surface area (TPSA) is 113 Å². The molecule has 11 heteroatoms. The molecule has 144 valence electrons. The van der Waals surface area contributed by atoms with Crippen molar-refractivity contribution in [2.75, 3.05) is 5.32 Å². The monoisotopic (exact) mass is 411 g/mol. The van der Waals surface area contributed by atoms with Crippen LogP contribution in [-0.4, -0.2) is 16.6 Å². The van der Waals surface area contributed by atoms with Crippen LogP contribution in [0.1, 0.15) is 15.9 Å². The molecule has 0 aliphatic carbocycles. The lowest BCUT2D eigenvalue weighted by Crippen LogP contribution is -2.29. The minimum Gasteiger partial charge on any atom is -0.319 e. The number of rotatable bonds is 5. The molecule has 0 heterocycles. The number of carbonyl (C=O) groups is 2. The first-order valence-corrected chi connectivity index (χ1v) is 7.78. The highest BCUT2D eigenvalue weighted by atomic mass is 35.5. The van der Waals surface area contributed by atoms with Crippen LogP contribution >= 0.6 is 11.6 Å². The SMILES string of the molecule is N#CC(C(=O)Nc1ccc(C(F)(F)F)cc1[N+](=O)[O-])C(=O)c1ccc(Cl)cc1. The van der Waals surface area contributed by atoms with Gasteiger partial charge in [0.25, 0.3) is 5.69 Å². The molecule has 0 bridgehead atoms. The van der Waals surface area contributed by atoms with E-state index in [4.69, 9.17) is 16.9 Å². The summed E-state index contributed by atoms with van der Waals surface area (Å²) in [5.74, 6) is -3.99. The van der Waals surface area contributed by atoms with Gasteiger partial charge < -0.3 is 5.32 Å². The zero-order chi connectivity index (χ0) is 21.1. The van der Waals surface area contributed by atoms with Crippen LogP contribution in [0, 0.1) is 27.4 Å². The predicted octanol–water partition coefficient (Wildman–Crippen LogP) is 4.23. The van der Waals surface area contributed by atoms with E-state index in [0.29, 0.717) is 17.2 Å². The number of Topliss-reactive ketones (excluding diaryl/α,β-unsaturated/α-hetero) is 1. The molecule has 0 fully saturated rings. The molecule has 7 nitrogen and oxygen atoms in total. The zero-order valence-corrected chi connectivity index (χ0v) is 14.4. The number of alkyl halides is 3. The van der Waals surface area contributed by atoms with Gasteiger partial charge in [0.05, 0.1) is 16.6 Å². The van der Waals surface area contributed by atoms with Crippen LogP contribution in [0.2, 0.25) is 5.02 Å². The first-order valence-electron chi connectivity index (χ1n) is 7.40. The van der Waals surface area contributed by atoms with E-state index in [1.54, 1.807) is 0 Å². The number of nitro benzene ring substituents is 1. The Morgan fingerprint density at radius 1 is 1.18 bits per heavy atom. The fourth-order valence-electron chi connectivity index (χ4n) is 2.19. The van der Waals surface area contributed by atoms with Crippen molar-refractivity contribution in [3.8, 4) is 6.07 Å². The van der Waals surface area contributed by atoms with Crippen molar-refractivity contribution < 1.29 is 27.7 Å². The minimum atomic E-state index is -4.83. The van der Waals surface area contributed by atoms with E-state index in [-0.39, 0.29) is 11.6 Å². The van der Waals surface area contributed by atoms with Crippen LogP contribution in [0.5, 0.6) is 0 Å². The number of carbonyl (C=O) groups excluding carboxylic acids is 2. The lowest BCUT2D eigenvalue weighted by molar-refractivity contribution is -0.384. The predicted molar refractivity (Wildman–Crippen MR) is 91.6 cm³/mol. The van der Waals surface area contributed by atoms with Gasteiger partial charge in [0.2, 0.25) is 5.91 Å². The summed E-state index contributed by atoms with van der Waals surface area (Å²) in [6.07, 6.45) is -4.83. The number of nitrogens with one attached hydrogen (secondary N) is 1. The van der Waals surface area contributed by atoms with Crippen LogP contribution in [-0.2, 0) is 11.0 Å². The van der Waals surface area contributed by atoms with Crippen LogP contribution in [0.3, 0.4) is 0 Å². The maximum Gasteiger partial charge on any atom is 0.416 e. The molecule has 0 saturated carbocycles. The average molecular weight is 412 g/mol. The number of ketones is 1. The van der Waals surface area contributed by atoms with Gasteiger partial charge in [-0.15, -0.1) is 0 Å². The highest BCUT2D eigenvalue weighted by molar-refractivity contribution is 6.30. The van der Waals surface area contributed by atoms with Crippen LogP contribution in [0.15, 0.2) is 42.5 Å². The second-order valence-electron chi connectivity index (χ2n) is 5.41. The van der Waals surface area contributed by atoms with Crippen molar-refractivity contribution >= 4 is 34.7 Å². The number of amides is 1. The maximum absolute atomic E-state index is 12.7. The number of halogens is 4. The Morgan fingerprint density at radius 3 is 2.29 bits per heavy atom. The van der Waals surface area contributed by atoms with E-state index < -0.39 is 45.6 Å². The molecule has 0 aliphatic heterocycles. The van der Waals surface area contributed by atoms with Crippen LogP contribution < -0.4 is 5.32 Å². The summed E-state index contributed by atoms with van der Waals surface area (Å²) < 4.78 is 38.2. The van der Waals surface area contributed by atoms with Gasteiger partial charge in [-0.25, -0.2) is 0 Å². The van der Waals surface area contributed by atoms with Crippen LogP contribution in [0.4, 0.5) is 24.5 Å².